The van der Waals surface area contributed by atoms with Crippen LogP contribution in [0.5, 0.6) is 0 Å². The van der Waals surface area contributed by atoms with Gasteiger partial charge < -0.3 is 4.90 Å². The Hall–Kier alpha value is -0.240. The first-order chi connectivity index (χ1) is 9.70. The fourth-order valence-corrected chi connectivity index (χ4v) is 3.94. The number of rotatable bonds is 3. The summed E-state index contributed by atoms with van der Waals surface area (Å²) in [6.45, 7) is 10.4. The number of piperidine rings is 1. The molecule has 20 heavy (non-hydrogen) atoms. The number of nitrogens with zero attached hydrogens (tertiary/aromatic N) is 4. The largest absolute Gasteiger partial charge is 0.300 e. The molecule has 0 saturated carbocycles. The van der Waals surface area contributed by atoms with Crippen LogP contribution in [0.25, 0.3) is 0 Å². The molecule has 0 amide bonds. The molecule has 0 aromatic rings. The highest BCUT2D eigenvalue weighted by atomic mass is 15.4. The van der Waals surface area contributed by atoms with Crippen LogP contribution in [0.15, 0.2) is 0 Å². The highest BCUT2D eigenvalue weighted by molar-refractivity contribution is 4.84. The molecule has 4 N–H and O–H groups in total. The average molecular weight is 282 g/mol. The van der Waals surface area contributed by atoms with Gasteiger partial charge in [-0.25, -0.2) is 10.0 Å². The second-order valence-corrected chi connectivity index (χ2v) is 6.75. The molecule has 6 nitrogen and oxygen atoms in total. The monoisotopic (exact) mass is 282 g/mol. The molecule has 1 unspecified atom stereocenters. The van der Waals surface area contributed by atoms with Crippen molar-refractivity contribution in [1.29, 1.82) is 0 Å². The van der Waals surface area contributed by atoms with Crippen LogP contribution < -0.4 is 11.7 Å². The minimum atomic E-state index is 0.767. The van der Waals surface area contributed by atoms with E-state index in [1.807, 2.05) is 10.0 Å². The molecule has 3 heterocycles. The fourth-order valence-electron chi connectivity index (χ4n) is 3.94. The molecule has 0 spiro atoms. The summed E-state index contributed by atoms with van der Waals surface area (Å²) in [7, 11) is 0. The molecule has 3 fully saturated rings. The first kappa shape index (κ1) is 14.7. The molecule has 0 bridgehead atoms. The first-order valence-corrected chi connectivity index (χ1v) is 8.16. The van der Waals surface area contributed by atoms with Gasteiger partial charge in [0.05, 0.1) is 0 Å². The maximum atomic E-state index is 5.85. The lowest BCUT2D eigenvalue weighted by atomic mass is 10.0. The van der Waals surface area contributed by atoms with Crippen LogP contribution in [0.1, 0.15) is 19.3 Å². The number of hydrogen-bond acceptors (Lipinski definition) is 6. The van der Waals surface area contributed by atoms with E-state index >= 15 is 0 Å². The van der Waals surface area contributed by atoms with Gasteiger partial charge in [-0.15, -0.1) is 0 Å². The predicted octanol–water partition coefficient (Wildman–Crippen LogP) is -0.862. The van der Waals surface area contributed by atoms with Gasteiger partial charge in [-0.05, 0) is 25.2 Å². The van der Waals surface area contributed by atoms with Crippen LogP contribution in [-0.4, -0.2) is 84.8 Å². The van der Waals surface area contributed by atoms with E-state index in [0.717, 1.165) is 38.1 Å². The smallest absolute Gasteiger partial charge is 0.0169 e. The van der Waals surface area contributed by atoms with Crippen LogP contribution in [0, 0.1) is 5.92 Å². The van der Waals surface area contributed by atoms with E-state index in [-0.39, 0.29) is 0 Å². The molecule has 3 aliphatic rings. The minimum Gasteiger partial charge on any atom is -0.300 e. The lowest BCUT2D eigenvalue weighted by Gasteiger charge is -2.42. The van der Waals surface area contributed by atoms with Crippen LogP contribution in [0.2, 0.25) is 0 Å². The normalized spacial score (nSPS) is 33.0. The van der Waals surface area contributed by atoms with Gasteiger partial charge in [-0.3, -0.25) is 16.6 Å². The van der Waals surface area contributed by atoms with Crippen molar-refractivity contribution < 1.29 is 0 Å². The summed E-state index contributed by atoms with van der Waals surface area (Å²) in [6, 6.07) is 0.767. The number of hydrazine groups is 2. The molecule has 6 heteroatoms. The summed E-state index contributed by atoms with van der Waals surface area (Å²) in [4.78, 5) is 5.33. The molecule has 0 aromatic carbocycles. The van der Waals surface area contributed by atoms with Gasteiger partial charge in [0.2, 0.25) is 0 Å². The van der Waals surface area contributed by atoms with E-state index in [0.29, 0.717) is 0 Å². The standard InChI is InChI=1S/C14H30N6/c15-19-5-2-14(3-6-19)18-9-7-17(8-10-18)11-13-1-4-20(16)12-13/h13-14H,1-12,15-16H2. The van der Waals surface area contributed by atoms with Gasteiger partial charge >= 0.3 is 0 Å². The molecule has 1 atom stereocenters. The third-order valence-electron chi connectivity index (χ3n) is 5.26. The van der Waals surface area contributed by atoms with E-state index in [1.165, 1.54) is 52.0 Å². The van der Waals surface area contributed by atoms with Crippen molar-refractivity contribution in [3.8, 4) is 0 Å². The Morgan fingerprint density at radius 3 is 2.00 bits per heavy atom. The third kappa shape index (κ3) is 3.69. The van der Waals surface area contributed by atoms with E-state index in [9.17, 15) is 0 Å². The fraction of sp³-hybridized carbons (Fsp3) is 1.00. The molecular formula is C14H30N6. The van der Waals surface area contributed by atoms with Gasteiger partial charge in [-0.1, -0.05) is 0 Å². The Balaban J connectivity index is 1.38. The lowest BCUT2D eigenvalue weighted by molar-refractivity contribution is 0.0540. The molecule has 3 aliphatic heterocycles. The zero-order valence-corrected chi connectivity index (χ0v) is 12.6. The third-order valence-corrected chi connectivity index (χ3v) is 5.26. The van der Waals surface area contributed by atoms with Crippen molar-refractivity contribution in [2.75, 3.05) is 58.9 Å². The van der Waals surface area contributed by atoms with E-state index < -0.39 is 0 Å². The maximum absolute atomic E-state index is 5.85. The van der Waals surface area contributed by atoms with Gasteiger partial charge in [0, 0.05) is 64.9 Å². The number of nitrogens with two attached hydrogens (primary N) is 2. The zero-order chi connectivity index (χ0) is 13.9. The van der Waals surface area contributed by atoms with Crippen LogP contribution in [-0.2, 0) is 0 Å². The van der Waals surface area contributed by atoms with Crippen LogP contribution >= 0.6 is 0 Å². The van der Waals surface area contributed by atoms with Gasteiger partial charge in [-0.2, -0.15) is 0 Å². The first-order valence-electron chi connectivity index (χ1n) is 8.16. The second-order valence-electron chi connectivity index (χ2n) is 6.75. The van der Waals surface area contributed by atoms with Crippen LogP contribution in [0.4, 0.5) is 0 Å². The molecule has 0 aliphatic carbocycles. The Labute approximate surface area is 122 Å². The predicted molar refractivity (Wildman–Crippen MR) is 80.7 cm³/mol. The average Bonchev–Trinajstić information content (AvgIpc) is 2.86. The molecule has 3 rings (SSSR count). The highest BCUT2D eigenvalue weighted by Gasteiger charge is 2.28. The maximum Gasteiger partial charge on any atom is 0.0169 e. The summed E-state index contributed by atoms with van der Waals surface area (Å²) < 4.78 is 0. The van der Waals surface area contributed by atoms with Crippen molar-refractivity contribution in [1.82, 2.24) is 19.8 Å². The highest BCUT2D eigenvalue weighted by Crippen LogP contribution is 2.19. The van der Waals surface area contributed by atoms with E-state index in [2.05, 4.69) is 9.80 Å². The summed E-state index contributed by atoms with van der Waals surface area (Å²) >= 11 is 0. The van der Waals surface area contributed by atoms with Crippen molar-refractivity contribution in [2.24, 2.45) is 17.6 Å². The van der Waals surface area contributed by atoms with Crippen LogP contribution in [0.3, 0.4) is 0 Å². The molecule has 0 aromatic heterocycles. The Kier molecular flexibility index (Phi) is 4.91. The van der Waals surface area contributed by atoms with Crippen molar-refractivity contribution in [2.45, 2.75) is 25.3 Å². The zero-order valence-electron chi connectivity index (χ0n) is 12.6. The van der Waals surface area contributed by atoms with Gasteiger partial charge in [0.1, 0.15) is 0 Å². The van der Waals surface area contributed by atoms with Gasteiger partial charge in [0.15, 0.2) is 0 Å². The summed E-state index contributed by atoms with van der Waals surface area (Å²) in [6.07, 6.45) is 3.74. The quantitative estimate of drug-likeness (QED) is 0.657. The van der Waals surface area contributed by atoms with E-state index in [1.54, 1.807) is 0 Å². The SMILES string of the molecule is NN1CCC(N2CCN(CC3CCN(N)C3)CC2)CC1. The van der Waals surface area contributed by atoms with Gasteiger partial charge in [0.25, 0.3) is 0 Å². The summed E-state index contributed by atoms with van der Waals surface area (Å²) in [5, 5.41) is 3.94. The summed E-state index contributed by atoms with van der Waals surface area (Å²) in [5.74, 6) is 12.5. The Bertz CT molecular complexity index is 296. The Morgan fingerprint density at radius 1 is 0.750 bits per heavy atom. The second kappa shape index (κ2) is 6.68. The summed E-state index contributed by atoms with van der Waals surface area (Å²) in [5.41, 5.74) is 0. The molecule has 3 saturated heterocycles. The Morgan fingerprint density at radius 2 is 1.40 bits per heavy atom. The molecule has 116 valence electrons. The minimum absolute atomic E-state index is 0.767. The molecular weight excluding hydrogens is 252 g/mol. The lowest BCUT2D eigenvalue weighted by Crippen LogP contribution is -2.54. The van der Waals surface area contributed by atoms with Crippen molar-refractivity contribution in [3.63, 3.8) is 0 Å². The molecule has 0 radical (unpaired) electrons. The van der Waals surface area contributed by atoms with Crippen molar-refractivity contribution >= 4 is 0 Å². The van der Waals surface area contributed by atoms with E-state index in [4.69, 9.17) is 11.7 Å². The topological polar surface area (TPSA) is 65.0 Å². The number of piperazine rings is 1. The number of hydrogen-bond donors (Lipinski definition) is 2. The van der Waals surface area contributed by atoms with Crippen molar-refractivity contribution in [3.05, 3.63) is 0 Å².